The van der Waals surface area contributed by atoms with E-state index in [1.54, 1.807) is 31.2 Å². The van der Waals surface area contributed by atoms with Crippen LogP contribution in [0.25, 0.3) is 0 Å². The van der Waals surface area contributed by atoms with Gasteiger partial charge in [0.25, 0.3) is 11.8 Å². The van der Waals surface area contributed by atoms with Gasteiger partial charge in [0, 0.05) is 0 Å². The maximum absolute atomic E-state index is 12.8. The molecule has 3 aromatic carbocycles. The first-order valence-corrected chi connectivity index (χ1v) is 10.4. The van der Waals surface area contributed by atoms with Crippen molar-refractivity contribution in [1.29, 1.82) is 0 Å². The van der Waals surface area contributed by atoms with Crippen molar-refractivity contribution in [3.05, 3.63) is 107 Å². The Morgan fingerprint density at radius 3 is 1.58 bits per heavy atom. The van der Waals surface area contributed by atoms with Gasteiger partial charge in [-0.15, -0.1) is 0 Å². The number of benzene rings is 3. The van der Waals surface area contributed by atoms with Crippen molar-refractivity contribution in [1.82, 2.24) is 4.90 Å². The molecule has 0 aliphatic carbocycles. The van der Waals surface area contributed by atoms with Crippen molar-refractivity contribution < 1.29 is 19.1 Å². The highest BCUT2D eigenvalue weighted by Crippen LogP contribution is 2.39. The van der Waals surface area contributed by atoms with Crippen LogP contribution in [0.2, 0.25) is 0 Å². The van der Waals surface area contributed by atoms with Gasteiger partial charge in [-0.3, -0.25) is 14.5 Å². The van der Waals surface area contributed by atoms with E-state index < -0.39 is 11.2 Å². The van der Waals surface area contributed by atoms with E-state index in [0.717, 1.165) is 11.1 Å². The summed E-state index contributed by atoms with van der Waals surface area (Å²) in [5, 5.41) is 0. The number of ether oxygens (including phenoxy) is 2. The van der Waals surface area contributed by atoms with Crippen molar-refractivity contribution in [2.24, 2.45) is 0 Å². The quantitative estimate of drug-likeness (QED) is 0.606. The van der Waals surface area contributed by atoms with Crippen LogP contribution in [-0.2, 0) is 14.9 Å². The molecule has 5 rings (SSSR count). The molecule has 156 valence electrons. The lowest BCUT2D eigenvalue weighted by Crippen LogP contribution is -2.56. The number of rotatable bonds is 4. The lowest BCUT2D eigenvalue weighted by Gasteiger charge is -2.46. The van der Waals surface area contributed by atoms with Gasteiger partial charge >= 0.3 is 0 Å². The third-order valence-electron chi connectivity index (χ3n) is 6.22. The molecule has 1 fully saturated rings. The summed E-state index contributed by atoms with van der Waals surface area (Å²) in [7, 11) is 0. The smallest absolute Gasteiger partial charge is 0.261 e. The number of hydrogen-bond acceptors (Lipinski definition) is 4. The zero-order valence-corrected chi connectivity index (χ0v) is 17.3. The van der Waals surface area contributed by atoms with E-state index in [4.69, 9.17) is 9.47 Å². The fourth-order valence-electron chi connectivity index (χ4n) is 4.41. The van der Waals surface area contributed by atoms with Gasteiger partial charge in [0.15, 0.2) is 5.79 Å². The van der Waals surface area contributed by atoms with E-state index in [-0.39, 0.29) is 18.4 Å². The van der Waals surface area contributed by atoms with Crippen LogP contribution in [0.3, 0.4) is 0 Å². The highest BCUT2D eigenvalue weighted by atomic mass is 16.7. The molecule has 2 aliphatic rings. The average Bonchev–Trinajstić information content (AvgIpc) is 3.06. The first-order valence-electron chi connectivity index (χ1n) is 10.4. The standard InChI is InChI=1S/C26H23NO4/c1-25(16-27-23(28)21-14-8-9-15-22(21)24(27)29)30-17-26(18-31-25,19-10-4-2-5-11-19)20-12-6-3-7-13-20/h2-15H,16-18H2,1H3. The number of imide groups is 1. The Morgan fingerprint density at radius 1 is 0.710 bits per heavy atom. The molecule has 0 spiro atoms. The molecular formula is C26H23NO4. The molecule has 0 saturated carbocycles. The Hall–Kier alpha value is -3.28. The molecule has 0 unspecified atom stereocenters. The molecular weight excluding hydrogens is 390 g/mol. The van der Waals surface area contributed by atoms with Crippen molar-refractivity contribution in [3.8, 4) is 0 Å². The number of amides is 2. The van der Waals surface area contributed by atoms with E-state index in [9.17, 15) is 9.59 Å². The summed E-state index contributed by atoms with van der Waals surface area (Å²) in [6.07, 6.45) is 0. The van der Waals surface area contributed by atoms with Crippen molar-refractivity contribution in [3.63, 3.8) is 0 Å². The second kappa shape index (κ2) is 7.45. The van der Waals surface area contributed by atoms with Gasteiger partial charge in [-0.1, -0.05) is 72.8 Å². The highest BCUT2D eigenvalue weighted by molar-refractivity contribution is 6.21. The number of carbonyl (C=O) groups is 2. The second-order valence-electron chi connectivity index (χ2n) is 8.27. The van der Waals surface area contributed by atoms with Crippen LogP contribution < -0.4 is 0 Å². The molecule has 0 atom stereocenters. The molecule has 2 heterocycles. The maximum atomic E-state index is 12.8. The van der Waals surface area contributed by atoms with Gasteiger partial charge in [0.1, 0.15) is 0 Å². The summed E-state index contributed by atoms with van der Waals surface area (Å²) in [5.74, 6) is -1.70. The minimum absolute atomic E-state index is 0.0407. The predicted molar refractivity (Wildman–Crippen MR) is 116 cm³/mol. The van der Waals surface area contributed by atoms with Crippen LogP contribution in [-0.4, -0.2) is 42.3 Å². The second-order valence-corrected chi connectivity index (χ2v) is 8.27. The monoisotopic (exact) mass is 413 g/mol. The Balaban J connectivity index is 1.41. The van der Waals surface area contributed by atoms with E-state index >= 15 is 0 Å². The van der Waals surface area contributed by atoms with Crippen LogP contribution in [0.5, 0.6) is 0 Å². The Morgan fingerprint density at radius 2 is 1.13 bits per heavy atom. The van der Waals surface area contributed by atoms with E-state index in [0.29, 0.717) is 24.3 Å². The van der Waals surface area contributed by atoms with Gasteiger partial charge in [-0.25, -0.2) is 0 Å². The predicted octanol–water partition coefficient (Wildman–Crippen LogP) is 4.03. The SMILES string of the molecule is CC1(CN2C(=O)c3ccccc3C2=O)OCC(c2ccccc2)(c2ccccc2)CO1. The summed E-state index contributed by atoms with van der Waals surface area (Å²) < 4.78 is 12.6. The number of nitrogens with zero attached hydrogens (tertiary/aromatic N) is 1. The van der Waals surface area contributed by atoms with Crippen molar-refractivity contribution in [2.45, 2.75) is 18.1 Å². The Bertz CT molecular complexity index is 1040. The van der Waals surface area contributed by atoms with Crippen LogP contribution in [0.4, 0.5) is 0 Å². The van der Waals surface area contributed by atoms with Crippen LogP contribution in [0, 0.1) is 0 Å². The van der Waals surface area contributed by atoms with Gasteiger partial charge in [0.05, 0.1) is 36.3 Å². The fraction of sp³-hybridized carbons (Fsp3) is 0.231. The fourth-order valence-corrected chi connectivity index (χ4v) is 4.41. The molecule has 2 aliphatic heterocycles. The summed E-state index contributed by atoms with van der Waals surface area (Å²) in [6, 6.07) is 27.2. The number of hydrogen-bond donors (Lipinski definition) is 0. The normalized spacial score (nSPS) is 19.3. The van der Waals surface area contributed by atoms with Gasteiger partial charge in [-0.05, 0) is 30.2 Å². The zero-order chi connectivity index (χ0) is 21.5. The van der Waals surface area contributed by atoms with Crippen LogP contribution in [0.1, 0.15) is 38.8 Å². The zero-order valence-electron chi connectivity index (χ0n) is 17.3. The molecule has 31 heavy (non-hydrogen) atoms. The first-order chi connectivity index (χ1) is 15.0. The Labute approximate surface area is 181 Å². The van der Waals surface area contributed by atoms with Crippen LogP contribution >= 0.6 is 0 Å². The van der Waals surface area contributed by atoms with E-state index in [2.05, 4.69) is 24.3 Å². The van der Waals surface area contributed by atoms with Crippen molar-refractivity contribution >= 4 is 11.8 Å². The largest absolute Gasteiger partial charge is 0.347 e. The minimum Gasteiger partial charge on any atom is -0.347 e. The third-order valence-corrected chi connectivity index (χ3v) is 6.22. The van der Waals surface area contributed by atoms with Gasteiger partial charge in [-0.2, -0.15) is 0 Å². The maximum Gasteiger partial charge on any atom is 0.261 e. The first kappa shape index (κ1) is 19.7. The molecule has 0 N–H and O–H groups in total. The summed E-state index contributed by atoms with van der Waals surface area (Å²) in [4.78, 5) is 26.8. The van der Waals surface area contributed by atoms with E-state index in [1.807, 2.05) is 36.4 Å². The highest BCUT2D eigenvalue weighted by Gasteiger charge is 2.48. The molecule has 1 saturated heterocycles. The molecule has 5 nitrogen and oxygen atoms in total. The van der Waals surface area contributed by atoms with Crippen LogP contribution in [0.15, 0.2) is 84.9 Å². The molecule has 5 heteroatoms. The lowest BCUT2D eigenvalue weighted by molar-refractivity contribution is -0.275. The number of carbonyl (C=O) groups excluding carboxylic acids is 2. The van der Waals surface area contributed by atoms with Crippen molar-refractivity contribution in [2.75, 3.05) is 19.8 Å². The van der Waals surface area contributed by atoms with Gasteiger partial charge < -0.3 is 9.47 Å². The number of fused-ring (bicyclic) bond motifs is 1. The molecule has 0 aromatic heterocycles. The van der Waals surface area contributed by atoms with Gasteiger partial charge in [0.2, 0.25) is 0 Å². The summed E-state index contributed by atoms with van der Waals surface area (Å²) in [5.41, 5.74) is 2.59. The third kappa shape index (κ3) is 3.26. The lowest BCUT2D eigenvalue weighted by atomic mass is 9.75. The molecule has 0 bridgehead atoms. The molecule has 0 radical (unpaired) electrons. The topological polar surface area (TPSA) is 55.8 Å². The Kier molecular flexibility index (Phi) is 4.73. The minimum atomic E-state index is -1.08. The molecule has 2 amide bonds. The van der Waals surface area contributed by atoms with E-state index in [1.165, 1.54) is 4.90 Å². The average molecular weight is 413 g/mol. The molecule has 3 aromatic rings. The summed E-state index contributed by atoms with van der Waals surface area (Å²) in [6.45, 7) is 2.58. The summed E-state index contributed by atoms with van der Waals surface area (Å²) >= 11 is 0.